The van der Waals surface area contributed by atoms with Gasteiger partial charge in [-0.3, -0.25) is 9.59 Å². The first kappa shape index (κ1) is 31.5. The Morgan fingerprint density at radius 1 is 0.884 bits per heavy atom. The Kier molecular flexibility index (Phi) is 9.72. The van der Waals surface area contributed by atoms with Gasteiger partial charge in [-0.2, -0.15) is 13.2 Å². The summed E-state index contributed by atoms with van der Waals surface area (Å²) in [6, 6.07) is 16.8. The summed E-state index contributed by atoms with van der Waals surface area (Å²) in [6.45, 7) is 6.12. The van der Waals surface area contributed by atoms with E-state index in [-0.39, 0.29) is 12.2 Å². The summed E-state index contributed by atoms with van der Waals surface area (Å²) in [4.78, 5) is 42.4. The van der Waals surface area contributed by atoms with Crippen molar-refractivity contribution in [2.24, 2.45) is 0 Å². The van der Waals surface area contributed by atoms with Gasteiger partial charge in [0.2, 0.25) is 5.91 Å². The van der Waals surface area contributed by atoms with Crippen LogP contribution < -0.4 is 20.9 Å². The topological polar surface area (TPSA) is 109 Å². The Bertz CT molecular complexity index is 1440. The Hall–Kier alpha value is -4.42. The number of nitrogens with zero attached hydrogens (tertiary/aromatic N) is 1. The van der Waals surface area contributed by atoms with Gasteiger partial charge in [-0.05, 0) is 63.2 Å². The zero-order valence-electron chi connectivity index (χ0n) is 24.0. The molecule has 0 aliphatic carbocycles. The number of ether oxygens (including phenoxy) is 2. The monoisotopic (exact) mass is 598 g/mol. The highest BCUT2D eigenvalue weighted by molar-refractivity contribution is 6.12. The van der Waals surface area contributed by atoms with E-state index < -0.39 is 47.8 Å². The number of aryl methyl sites for hydroxylation is 1. The Morgan fingerprint density at radius 2 is 1.47 bits per heavy atom. The van der Waals surface area contributed by atoms with E-state index in [1.165, 1.54) is 4.90 Å². The minimum atomic E-state index is -4.54. The fourth-order valence-corrected chi connectivity index (χ4v) is 4.90. The molecule has 0 bridgehead atoms. The predicted octanol–water partition coefficient (Wildman–Crippen LogP) is 5.81. The molecule has 3 aromatic carbocycles. The number of nitrogens with one attached hydrogen (secondary N) is 3. The minimum absolute atomic E-state index is 0.0128. The smallest absolute Gasteiger partial charge is 0.351 e. The Balaban J connectivity index is 1.67. The fourth-order valence-electron chi connectivity index (χ4n) is 4.90. The molecule has 1 heterocycles. The molecular weight excluding hydrogens is 565 g/mol. The molecule has 0 saturated heterocycles. The van der Waals surface area contributed by atoms with Gasteiger partial charge in [0.25, 0.3) is 5.91 Å². The van der Waals surface area contributed by atoms with Gasteiger partial charge in [0, 0.05) is 30.2 Å². The van der Waals surface area contributed by atoms with Gasteiger partial charge < -0.3 is 30.3 Å². The number of anilines is 3. The van der Waals surface area contributed by atoms with Crippen molar-refractivity contribution in [3.63, 3.8) is 0 Å². The molecule has 3 N–H and O–H groups in total. The van der Waals surface area contributed by atoms with Gasteiger partial charge in [-0.15, -0.1) is 0 Å². The van der Waals surface area contributed by atoms with Crippen LogP contribution in [0.1, 0.15) is 37.0 Å². The molecule has 0 radical (unpaired) electrons. The number of rotatable bonds is 11. The molecule has 4 amide bonds. The number of benzene rings is 3. The third-order valence-corrected chi connectivity index (χ3v) is 6.86. The van der Waals surface area contributed by atoms with Crippen LogP contribution in [0.5, 0.6) is 0 Å². The second kappa shape index (κ2) is 13.3. The summed E-state index contributed by atoms with van der Waals surface area (Å²) in [6.07, 6.45) is -5.79. The lowest BCUT2D eigenvalue weighted by molar-refractivity contribution is -0.138. The maximum Gasteiger partial charge on any atom is 0.416 e. The average Bonchev–Trinajstić information content (AvgIpc) is 3.17. The maximum atomic E-state index is 14.3. The molecule has 12 heteroatoms. The zero-order valence-corrected chi connectivity index (χ0v) is 24.0. The highest BCUT2D eigenvalue weighted by Gasteiger charge is 2.53. The molecule has 9 nitrogen and oxygen atoms in total. The van der Waals surface area contributed by atoms with Crippen LogP contribution in [0.25, 0.3) is 0 Å². The molecule has 0 aromatic heterocycles. The first-order chi connectivity index (χ1) is 20.5. The summed E-state index contributed by atoms with van der Waals surface area (Å²) >= 11 is 0. The quantitative estimate of drug-likeness (QED) is 0.242. The van der Waals surface area contributed by atoms with E-state index >= 15 is 0 Å². The number of carbonyl (C=O) groups excluding carboxylic acids is 3. The van der Waals surface area contributed by atoms with E-state index in [2.05, 4.69) is 16.0 Å². The van der Waals surface area contributed by atoms with Crippen LogP contribution >= 0.6 is 0 Å². The van der Waals surface area contributed by atoms with Gasteiger partial charge >= 0.3 is 12.2 Å². The number of alkyl halides is 3. The van der Waals surface area contributed by atoms with Crippen molar-refractivity contribution < 1.29 is 37.0 Å². The molecular formula is C31H33F3N4O5. The van der Waals surface area contributed by atoms with Crippen molar-refractivity contribution in [1.29, 1.82) is 0 Å². The van der Waals surface area contributed by atoms with Crippen molar-refractivity contribution in [1.82, 2.24) is 5.32 Å². The summed E-state index contributed by atoms with van der Waals surface area (Å²) in [7, 11) is 0. The third kappa shape index (κ3) is 7.33. The summed E-state index contributed by atoms with van der Waals surface area (Å²) in [5.41, 5.74) is -0.356. The van der Waals surface area contributed by atoms with Gasteiger partial charge in [-0.25, -0.2) is 4.79 Å². The van der Waals surface area contributed by atoms with Crippen LogP contribution in [0.3, 0.4) is 0 Å². The molecule has 4 rings (SSSR count). The van der Waals surface area contributed by atoms with Crippen LogP contribution in [-0.4, -0.2) is 43.9 Å². The second-order valence-corrected chi connectivity index (χ2v) is 9.92. The van der Waals surface area contributed by atoms with Crippen LogP contribution in [0.2, 0.25) is 0 Å². The number of hydrogen-bond acceptors (Lipinski definition) is 5. The van der Waals surface area contributed by atoms with Crippen LogP contribution in [0.15, 0.2) is 72.8 Å². The number of urea groups is 1. The molecule has 1 aliphatic heterocycles. The zero-order chi connectivity index (χ0) is 31.2. The molecule has 1 unspecified atom stereocenters. The lowest BCUT2D eigenvalue weighted by Crippen LogP contribution is -2.56. The van der Waals surface area contributed by atoms with Crippen molar-refractivity contribution in [3.05, 3.63) is 89.5 Å². The van der Waals surface area contributed by atoms with Gasteiger partial charge in [0.1, 0.15) is 0 Å². The lowest BCUT2D eigenvalue weighted by atomic mass is 9.87. The average molecular weight is 599 g/mol. The highest BCUT2D eigenvalue weighted by atomic mass is 19.4. The van der Waals surface area contributed by atoms with Crippen LogP contribution in [-0.2, 0) is 30.8 Å². The fraction of sp³-hybridized carbons (Fsp3) is 0.323. The van der Waals surface area contributed by atoms with Crippen molar-refractivity contribution in [2.45, 2.75) is 45.2 Å². The van der Waals surface area contributed by atoms with E-state index in [1.54, 1.807) is 50.2 Å². The standard InChI is InChI=1S/C31H33F3N4O5/c1-4-42-27(43-5-2)19-38-25-9-7-6-8-24(25)30(28(38)40,18-26(39)35-22-14-10-20(3)11-15-22)37-29(41)36-23-16-12-21(13-17-23)31(32,33)34/h6-17,27H,4-5,18-19H2,1-3H3,(H,35,39)(H2,36,37,41). The molecule has 0 saturated carbocycles. The normalized spacial score (nSPS) is 16.3. The maximum absolute atomic E-state index is 14.3. The van der Waals surface area contributed by atoms with Crippen molar-refractivity contribution in [3.8, 4) is 0 Å². The summed E-state index contributed by atoms with van der Waals surface area (Å²) in [5.74, 6) is -1.14. The molecule has 1 atom stereocenters. The summed E-state index contributed by atoms with van der Waals surface area (Å²) in [5, 5.41) is 7.93. The first-order valence-electron chi connectivity index (χ1n) is 13.7. The van der Waals surface area contributed by atoms with Gasteiger partial charge in [0.05, 0.1) is 24.2 Å². The minimum Gasteiger partial charge on any atom is -0.351 e. The largest absolute Gasteiger partial charge is 0.416 e. The molecule has 3 aromatic rings. The predicted molar refractivity (Wildman–Crippen MR) is 156 cm³/mol. The summed E-state index contributed by atoms with van der Waals surface area (Å²) < 4.78 is 50.4. The van der Waals surface area contributed by atoms with E-state index in [0.29, 0.717) is 30.2 Å². The van der Waals surface area contributed by atoms with Crippen LogP contribution in [0.4, 0.5) is 35.0 Å². The van der Waals surface area contributed by atoms with E-state index in [9.17, 15) is 27.6 Å². The molecule has 43 heavy (non-hydrogen) atoms. The van der Waals surface area contributed by atoms with Crippen LogP contribution in [0, 0.1) is 6.92 Å². The van der Waals surface area contributed by atoms with Crippen molar-refractivity contribution >= 4 is 34.9 Å². The SMILES string of the molecule is CCOC(CN1C(=O)C(CC(=O)Nc2ccc(C)cc2)(NC(=O)Nc2ccc(C(F)(F)F)cc2)c2ccccc21)OCC. The van der Waals surface area contributed by atoms with Gasteiger partial charge in [-0.1, -0.05) is 35.9 Å². The molecule has 0 spiro atoms. The number of hydrogen-bond donors (Lipinski definition) is 3. The highest BCUT2D eigenvalue weighted by Crippen LogP contribution is 2.43. The first-order valence-corrected chi connectivity index (χ1v) is 13.7. The third-order valence-electron chi connectivity index (χ3n) is 6.86. The number of amides is 4. The number of para-hydroxylation sites is 1. The Labute approximate surface area is 247 Å². The van der Waals surface area contributed by atoms with Gasteiger partial charge in [0.15, 0.2) is 11.8 Å². The van der Waals surface area contributed by atoms with E-state index in [4.69, 9.17) is 9.47 Å². The van der Waals surface area contributed by atoms with E-state index in [0.717, 1.165) is 29.8 Å². The number of halogens is 3. The number of fused-ring (bicyclic) bond motifs is 1. The lowest BCUT2D eigenvalue weighted by Gasteiger charge is -2.30. The molecule has 0 fully saturated rings. The van der Waals surface area contributed by atoms with Crippen molar-refractivity contribution in [2.75, 3.05) is 35.3 Å². The molecule has 228 valence electrons. The molecule has 1 aliphatic rings. The second-order valence-electron chi connectivity index (χ2n) is 9.92. The number of carbonyl (C=O) groups is 3. The van der Waals surface area contributed by atoms with E-state index in [1.807, 2.05) is 19.1 Å². The Morgan fingerprint density at radius 3 is 2.07 bits per heavy atom.